The van der Waals surface area contributed by atoms with Gasteiger partial charge in [-0.25, -0.2) is 4.98 Å². The summed E-state index contributed by atoms with van der Waals surface area (Å²) in [6, 6.07) is 29.0. The molecule has 0 radical (unpaired) electrons. The first kappa shape index (κ1) is 49.8. The Morgan fingerprint density at radius 2 is 1.57 bits per heavy atom. The number of amides is 3. The fourth-order valence-corrected chi connectivity index (χ4v) is 10.3. The van der Waals surface area contributed by atoms with Gasteiger partial charge in [0, 0.05) is 74.4 Å². The average Bonchev–Trinajstić information content (AvgIpc) is 3.70. The number of carbonyl (C=O) groups is 4. The normalized spacial score (nSPS) is 22.4. The molecule has 0 saturated carbocycles. The van der Waals surface area contributed by atoms with E-state index in [-0.39, 0.29) is 62.1 Å². The minimum Gasteiger partial charge on any atom is -0.457 e. The summed E-state index contributed by atoms with van der Waals surface area (Å²) in [6.07, 6.45) is 4.81. The van der Waals surface area contributed by atoms with E-state index in [0.29, 0.717) is 65.9 Å². The number of hydrogen-bond donors (Lipinski definition) is 2. The number of hydrogen-bond acceptors (Lipinski definition) is 9. The number of fused-ring (bicyclic) bond motifs is 2. The zero-order valence-electron chi connectivity index (χ0n) is 39.6. The van der Waals surface area contributed by atoms with E-state index in [0.717, 1.165) is 54.1 Å². The van der Waals surface area contributed by atoms with E-state index in [2.05, 4.69) is 14.8 Å². The van der Waals surface area contributed by atoms with Gasteiger partial charge in [-0.2, -0.15) is 0 Å². The second-order valence-corrected chi connectivity index (χ2v) is 19.9. The number of benzene rings is 4. The molecule has 15 heteroatoms. The van der Waals surface area contributed by atoms with Crippen molar-refractivity contribution >= 4 is 46.7 Å². The summed E-state index contributed by atoms with van der Waals surface area (Å²) >= 11 is 12.9. The molecule has 3 saturated heterocycles. The van der Waals surface area contributed by atoms with Gasteiger partial charge in [0.1, 0.15) is 17.3 Å². The van der Waals surface area contributed by atoms with Crippen LogP contribution in [0.5, 0.6) is 11.5 Å². The first-order chi connectivity index (χ1) is 33.3. The molecule has 3 fully saturated rings. The Morgan fingerprint density at radius 1 is 0.841 bits per heavy atom. The van der Waals surface area contributed by atoms with Gasteiger partial charge < -0.3 is 34.3 Å². The van der Waals surface area contributed by atoms with Crippen molar-refractivity contribution in [2.75, 3.05) is 39.9 Å². The van der Waals surface area contributed by atoms with Gasteiger partial charge in [0.2, 0.25) is 17.7 Å². The maximum atomic E-state index is 15.0. The van der Waals surface area contributed by atoms with E-state index in [1.165, 1.54) is 12.0 Å². The van der Waals surface area contributed by atoms with Gasteiger partial charge in [0.15, 0.2) is 5.78 Å². The van der Waals surface area contributed by atoms with Crippen molar-refractivity contribution in [3.05, 3.63) is 136 Å². The lowest BCUT2D eigenvalue weighted by molar-refractivity contribution is -0.147. The fourth-order valence-electron chi connectivity index (χ4n) is 10.1. The summed E-state index contributed by atoms with van der Waals surface area (Å²) in [7, 11) is 3.50. The van der Waals surface area contributed by atoms with Crippen molar-refractivity contribution in [2.45, 2.75) is 89.1 Å². The summed E-state index contributed by atoms with van der Waals surface area (Å²) in [4.78, 5) is 69.4. The minimum atomic E-state index is -0.990. The van der Waals surface area contributed by atoms with Crippen LogP contribution >= 0.6 is 23.2 Å². The Labute approximate surface area is 414 Å². The molecule has 4 heterocycles. The molecule has 1 aromatic heterocycles. The third-order valence-electron chi connectivity index (χ3n) is 14.0. The third-order valence-corrected chi connectivity index (χ3v) is 14.5. The summed E-state index contributed by atoms with van der Waals surface area (Å²) in [5.41, 5.74) is 3.50. The molecule has 5 aromatic rings. The number of aromatic nitrogens is 2. The first-order valence-corrected chi connectivity index (χ1v) is 24.7. The third kappa shape index (κ3) is 12.4. The molecule has 364 valence electrons. The molecule has 2 bridgehead atoms. The molecule has 3 aliphatic rings. The van der Waals surface area contributed by atoms with Gasteiger partial charge in [-0.15, -0.1) is 0 Å². The van der Waals surface area contributed by atoms with Gasteiger partial charge >= 0.3 is 0 Å². The van der Waals surface area contributed by atoms with E-state index in [1.54, 1.807) is 25.1 Å². The number of carbonyl (C=O) groups excluding carboxylic acids is 4. The molecule has 13 nitrogen and oxygen atoms in total. The van der Waals surface area contributed by atoms with Crippen LogP contribution in [-0.4, -0.2) is 110 Å². The molecule has 3 aliphatic heterocycles. The van der Waals surface area contributed by atoms with Crippen LogP contribution in [0.1, 0.15) is 68.0 Å². The molecule has 69 heavy (non-hydrogen) atoms. The Hall–Kier alpha value is -5.57. The number of aliphatic hydroxyl groups excluding tert-OH is 1. The topological polar surface area (TPSA) is 147 Å². The maximum absolute atomic E-state index is 15.0. The molecular weight excluding hydrogens is 916 g/mol. The Morgan fingerprint density at radius 3 is 2.29 bits per heavy atom. The lowest BCUT2D eigenvalue weighted by atomic mass is 9.81. The summed E-state index contributed by atoms with van der Waals surface area (Å²) in [6.45, 7) is 4.68. The SMILES string of the molecule is COC[C@@H]1CC(=O)[C@H](C)N(Cc2ccc(Cl)cc2Oc2ccc(-c3cnc(CN4CCC(O)CC4)n3C)cc2)C(=O)C[C@@H](Cc2ccccc2)C(=O)N2CCC[C@@](Cc3ccc(Cl)cc3)(C2)NC1=O. The number of halogens is 2. The molecular formula is C54H62Cl2N6O7. The van der Waals surface area contributed by atoms with Gasteiger partial charge in [0.05, 0.1) is 61.1 Å². The van der Waals surface area contributed by atoms with Crippen molar-refractivity contribution in [2.24, 2.45) is 18.9 Å². The molecule has 0 unspecified atom stereocenters. The van der Waals surface area contributed by atoms with Crippen molar-refractivity contribution < 1.29 is 33.8 Å². The van der Waals surface area contributed by atoms with E-state index in [1.807, 2.05) is 97.0 Å². The number of piperidine rings is 2. The van der Waals surface area contributed by atoms with Gasteiger partial charge in [0.25, 0.3) is 0 Å². The van der Waals surface area contributed by atoms with Crippen molar-refractivity contribution in [3.8, 4) is 22.8 Å². The average molecular weight is 978 g/mol. The van der Waals surface area contributed by atoms with Crippen LogP contribution in [0.25, 0.3) is 11.3 Å². The number of ketones is 1. The fraction of sp³-hybridized carbons (Fsp3) is 0.426. The van der Waals surface area contributed by atoms with Crippen LogP contribution in [0, 0.1) is 11.8 Å². The monoisotopic (exact) mass is 976 g/mol. The van der Waals surface area contributed by atoms with Crippen LogP contribution in [0.2, 0.25) is 10.0 Å². The highest BCUT2D eigenvalue weighted by molar-refractivity contribution is 6.31. The van der Waals surface area contributed by atoms with Crippen LogP contribution < -0.4 is 10.1 Å². The zero-order valence-corrected chi connectivity index (χ0v) is 41.1. The summed E-state index contributed by atoms with van der Waals surface area (Å²) in [5, 5.41) is 14.3. The molecule has 2 N–H and O–H groups in total. The highest BCUT2D eigenvalue weighted by atomic mass is 35.5. The number of imidazole rings is 1. The maximum Gasteiger partial charge on any atom is 0.226 e. The highest BCUT2D eigenvalue weighted by Crippen LogP contribution is 2.34. The molecule has 4 atom stereocenters. The second-order valence-electron chi connectivity index (χ2n) is 19.1. The van der Waals surface area contributed by atoms with Crippen LogP contribution in [0.4, 0.5) is 0 Å². The molecule has 8 rings (SSSR count). The second kappa shape index (κ2) is 22.5. The highest BCUT2D eigenvalue weighted by Gasteiger charge is 2.43. The van der Waals surface area contributed by atoms with E-state index >= 15 is 4.79 Å². The number of nitrogens with zero attached hydrogens (tertiary/aromatic N) is 5. The summed E-state index contributed by atoms with van der Waals surface area (Å²) in [5.74, 6) is -0.979. The predicted molar refractivity (Wildman–Crippen MR) is 266 cm³/mol. The number of nitrogens with one attached hydrogen (secondary N) is 1. The van der Waals surface area contributed by atoms with Crippen molar-refractivity contribution in [3.63, 3.8) is 0 Å². The van der Waals surface area contributed by atoms with Crippen molar-refractivity contribution in [1.29, 1.82) is 0 Å². The molecule has 3 amide bonds. The quantitative estimate of drug-likeness (QED) is 0.120. The Kier molecular flexibility index (Phi) is 16.2. The molecule has 0 spiro atoms. The largest absolute Gasteiger partial charge is 0.457 e. The van der Waals surface area contributed by atoms with E-state index in [9.17, 15) is 19.5 Å². The number of methoxy groups -OCH3 is 1. The van der Waals surface area contributed by atoms with Crippen molar-refractivity contribution in [1.82, 2.24) is 29.6 Å². The number of ether oxygens (including phenoxy) is 2. The smallest absolute Gasteiger partial charge is 0.226 e. The van der Waals surface area contributed by atoms with Gasteiger partial charge in [-0.3, -0.25) is 24.1 Å². The number of aliphatic hydroxyl groups is 1. The zero-order chi connectivity index (χ0) is 48.7. The van der Waals surface area contributed by atoms with E-state index in [4.69, 9.17) is 37.7 Å². The van der Waals surface area contributed by atoms with Crippen LogP contribution in [0.15, 0.2) is 103 Å². The first-order valence-electron chi connectivity index (χ1n) is 23.9. The number of rotatable bonds is 13. The predicted octanol–water partition coefficient (Wildman–Crippen LogP) is 8.06. The van der Waals surface area contributed by atoms with Crippen LogP contribution in [0.3, 0.4) is 0 Å². The Bertz CT molecular complexity index is 2580. The Balaban J connectivity index is 1.08. The summed E-state index contributed by atoms with van der Waals surface area (Å²) < 4.78 is 14.1. The lowest BCUT2D eigenvalue weighted by Crippen LogP contribution is -2.63. The number of likely N-dealkylation sites (tertiary alicyclic amines) is 1. The van der Waals surface area contributed by atoms with E-state index < -0.39 is 23.4 Å². The molecule has 4 aromatic carbocycles. The van der Waals surface area contributed by atoms with Gasteiger partial charge in [-0.05, 0) is 105 Å². The molecule has 0 aliphatic carbocycles. The lowest BCUT2D eigenvalue weighted by Gasteiger charge is -2.45. The minimum absolute atomic E-state index is 0.0167. The number of Topliss-reactive ketones (excluding diaryl/α,β-unsaturated/α-hetero) is 1. The standard InChI is InChI=1S/C54H62Cl2N6O7/c1-36-48(64)27-42(34-68-3)52(66)58-54(30-38-10-15-43(55)16-11-38)22-7-23-61(35-54)53(67)41(26-37-8-5-4-6-9-37)28-51(65)62(36)32-40-12-17-44(56)29-49(40)69-46-18-13-39(14-19-46)47-31-57-50(59(47)2)33-60-24-20-45(63)21-25-60/h4-6,8-19,29,31,36,41-42,45,63H,7,20-28,30,32-35H2,1-3H3,(H,58,66)/t36-,41+,42-,54+/m0/s1. The van der Waals surface area contributed by atoms with Crippen LogP contribution in [-0.2, 0) is 56.9 Å². The van der Waals surface area contributed by atoms with Gasteiger partial charge in [-0.1, -0.05) is 71.7 Å².